The highest BCUT2D eigenvalue weighted by Crippen LogP contribution is 2.25. The minimum Gasteiger partial charge on any atom is -0.462 e. The van der Waals surface area contributed by atoms with E-state index in [1.54, 1.807) is 13.8 Å². The van der Waals surface area contributed by atoms with Gasteiger partial charge in [0.15, 0.2) is 15.6 Å². The molecule has 1 rings (SSSR count). The predicted molar refractivity (Wildman–Crippen MR) is 69.7 cm³/mol. The number of halogens is 2. The lowest BCUT2D eigenvalue weighted by Gasteiger charge is -2.08. The van der Waals surface area contributed by atoms with Crippen molar-refractivity contribution in [1.82, 2.24) is 0 Å². The van der Waals surface area contributed by atoms with E-state index in [9.17, 15) is 13.2 Å². The number of esters is 1. The highest BCUT2D eigenvalue weighted by molar-refractivity contribution is 7.92. The largest absolute Gasteiger partial charge is 0.462 e. The maximum Gasteiger partial charge on any atom is 0.321 e. The van der Waals surface area contributed by atoms with Gasteiger partial charge in [0.25, 0.3) is 0 Å². The van der Waals surface area contributed by atoms with Gasteiger partial charge >= 0.3 is 5.97 Å². The Morgan fingerprint density at radius 2 is 1.89 bits per heavy atom. The second-order valence-corrected chi connectivity index (χ2v) is 6.68. The molecule has 0 saturated carbocycles. The van der Waals surface area contributed by atoms with Crippen LogP contribution < -0.4 is 0 Å². The first-order chi connectivity index (χ1) is 8.22. The third-order valence-corrected chi connectivity index (χ3v) is 4.25. The molecule has 0 heterocycles. The Bertz CT molecular complexity index is 552. The van der Waals surface area contributed by atoms with Crippen LogP contribution in [0.1, 0.15) is 13.8 Å². The van der Waals surface area contributed by atoms with Gasteiger partial charge in [0, 0.05) is 0 Å². The van der Waals surface area contributed by atoms with Crippen LogP contribution in [0, 0.1) is 0 Å². The fourth-order valence-electron chi connectivity index (χ4n) is 1.21. The molecule has 0 N–H and O–H groups in total. The minimum absolute atomic E-state index is 0.0578. The standard InChI is InChI=1S/C11H12Cl2O4S/c1-7(2)17-11(14)6-18(15,16)8-3-4-9(12)10(13)5-8/h3-5,7H,6H2,1-2H3. The van der Waals surface area contributed by atoms with Crippen LogP contribution in [0.4, 0.5) is 0 Å². The van der Waals surface area contributed by atoms with Crippen molar-refractivity contribution in [3.8, 4) is 0 Å². The fraction of sp³-hybridized carbons (Fsp3) is 0.364. The molecule has 0 aliphatic carbocycles. The van der Waals surface area contributed by atoms with Gasteiger partial charge in [-0.1, -0.05) is 23.2 Å². The van der Waals surface area contributed by atoms with Gasteiger partial charge in [-0.25, -0.2) is 8.42 Å². The molecule has 0 amide bonds. The number of hydrogen-bond donors (Lipinski definition) is 0. The molecule has 0 radical (unpaired) electrons. The molecule has 0 unspecified atom stereocenters. The molecular weight excluding hydrogens is 299 g/mol. The number of rotatable bonds is 4. The van der Waals surface area contributed by atoms with Crippen LogP contribution in [0.5, 0.6) is 0 Å². The number of benzene rings is 1. The topological polar surface area (TPSA) is 60.4 Å². The summed E-state index contributed by atoms with van der Waals surface area (Å²) in [6.45, 7) is 3.29. The number of sulfone groups is 1. The third kappa shape index (κ3) is 4.15. The second kappa shape index (κ2) is 5.91. The van der Waals surface area contributed by atoms with Crippen LogP contribution in [0.2, 0.25) is 10.0 Å². The summed E-state index contributed by atoms with van der Waals surface area (Å²) in [5.74, 6) is -1.51. The van der Waals surface area contributed by atoms with Crippen molar-refractivity contribution in [2.75, 3.05) is 5.75 Å². The lowest BCUT2D eigenvalue weighted by molar-refractivity contribution is -0.144. The molecule has 0 aliphatic rings. The van der Waals surface area contributed by atoms with E-state index in [-0.39, 0.29) is 21.0 Å². The average molecular weight is 311 g/mol. The molecule has 1 aromatic rings. The Morgan fingerprint density at radius 1 is 1.28 bits per heavy atom. The number of hydrogen-bond acceptors (Lipinski definition) is 4. The van der Waals surface area contributed by atoms with Crippen LogP contribution in [-0.4, -0.2) is 26.2 Å². The quantitative estimate of drug-likeness (QED) is 0.802. The summed E-state index contributed by atoms with van der Waals surface area (Å²) in [5.41, 5.74) is 0. The first-order valence-electron chi connectivity index (χ1n) is 5.09. The highest BCUT2D eigenvalue weighted by Gasteiger charge is 2.21. The fourth-order valence-corrected chi connectivity index (χ4v) is 2.69. The summed E-state index contributed by atoms with van der Waals surface area (Å²) >= 11 is 11.4. The van der Waals surface area contributed by atoms with E-state index in [0.717, 1.165) is 0 Å². The molecular formula is C11H12Cl2O4S. The van der Waals surface area contributed by atoms with Gasteiger partial charge in [-0.2, -0.15) is 0 Å². The second-order valence-electron chi connectivity index (χ2n) is 3.87. The summed E-state index contributed by atoms with van der Waals surface area (Å²) in [4.78, 5) is 11.3. The summed E-state index contributed by atoms with van der Waals surface area (Å²) in [7, 11) is -3.76. The predicted octanol–water partition coefficient (Wildman–Crippen LogP) is 2.72. The normalized spacial score (nSPS) is 11.6. The third-order valence-electron chi connectivity index (χ3n) is 1.93. The van der Waals surface area contributed by atoms with E-state index in [0.29, 0.717) is 0 Å². The minimum atomic E-state index is -3.76. The summed E-state index contributed by atoms with van der Waals surface area (Å²) in [6, 6.07) is 3.87. The van der Waals surface area contributed by atoms with Gasteiger partial charge in [-0.05, 0) is 32.0 Å². The summed E-state index contributed by atoms with van der Waals surface area (Å²) in [5, 5.41) is 0.371. The van der Waals surface area contributed by atoms with Gasteiger partial charge < -0.3 is 4.74 Å². The number of carbonyl (C=O) groups excluding carboxylic acids is 1. The molecule has 0 aliphatic heterocycles. The van der Waals surface area contributed by atoms with E-state index in [2.05, 4.69) is 0 Å². The van der Waals surface area contributed by atoms with E-state index < -0.39 is 21.6 Å². The molecule has 18 heavy (non-hydrogen) atoms. The van der Waals surface area contributed by atoms with Crippen LogP contribution in [0.15, 0.2) is 23.1 Å². The van der Waals surface area contributed by atoms with Gasteiger partial charge in [-0.3, -0.25) is 4.79 Å². The van der Waals surface area contributed by atoms with E-state index in [1.165, 1.54) is 18.2 Å². The average Bonchev–Trinajstić information content (AvgIpc) is 2.19. The Kier molecular flexibility index (Phi) is 5.01. The zero-order chi connectivity index (χ0) is 13.9. The molecule has 7 heteroatoms. The van der Waals surface area contributed by atoms with Crippen molar-refractivity contribution in [1.29, 1.82) is 0 Å². The first kappa shape index (κ1) is 15.3. The van der Waals surface area contributed by atoms with Gasteiger partial charge in [0.2, 0.25) is 0 Å². The zero-order valence-electron chi connectivity index (χ0n) is 9.81. The molecule has 0 aromatic heterocycles. The van der Waals surface area contributed by atoms with Gasteiger partial charge in [0.05, 0.1) is 21.0 Å². The first-order valence-corrected chi connectivity index (χ1v) is 7.50. The number of carbonyl (C=O) groups is 1. The molecule has 100 valence electrons. The molecule has 0 fully saturated rings. The van der Waals surface area contributed by atoms with Crippen LogP contribution >= 0.6 is 23.2 Å². The van der Waals surface area contributed by atoms with Gasteiger partial charge in [0.1, 0.15) is 0 Å². The summed E-state index contributed by atoms with van der Waals surface area (Å²) in [6.07, 6.45) is -0.360. The number of ether oxygens (including phenoxy) is 1. The monoisotopic (exact) mass is 310 g/mol. The lowest BCUT2D eigenvalue weighted by atomic mass is 10.4. The van der Waals surface area contributed by atoms with Crippen LogP contribution in [0.25, 0.3) is 0 Å². The Labute approximate surface area is 116 Å². The lowest BCUT2D eigenvalue weighted by Crippen LogP contribution is -2.21. The van der Waals surface area contributed by atoms with Crippen molar-refractivity contribution < 1.29 is 17.9 Å². The van der Waals surface area contributed by atoms with Crippen molar-refractivity contribution in [3.63, 3.8) is 0 Å². The maximum absolute atomic E-state index is 11.9. The van der Waals surface area contributed by atoms with Crippen molar-refractivity contribution in [2.24, 2.45) is 0 Å². The summed E-state index contributed by atoms with van der Waals surface area (Å²) < 4.78 is 28.6. The Hall–Kier alpha value is -0.780. The van der Waals surface area contributed by atoms with E-state index in [4.69, 9.17) is 27.9 Å². The molecule has 1 aromatic carbocycles. The highest BCUT2D eigenvalue weighted by atomic mass is 35.5. The zero-order valence-corrected chi connectivity index (χ0v) is 12.1. The van der Waals surface area contributed by atoms with Gasteiger partial charge in [-0.15, -0.1) is 0 Å². The van der Waals surface area contributed by atoms with E-state index in [1.807, 2.05) is 0 Å². The van der Waals surface area contributed by atoms with Crippen molar-refractivity contribution >= 4 is 39.0 Å². The SMILES string of the molecule is CC(C)OC(=O)CS(=O)(=O)c1ccc(Cl)c(Cl)c1. The molecule has 4 nitrogen and oxygen atoms in total. The molecule has 0 atom stereocenters. The molecule has 0 bridgehead atoms. The Morgan fingerprint density at radius 3 is 2.39 bits per heavy atom. The van der Waals surface area contributed by atoms with Crippen LogP contribution in [0.3, 0.4) is 0 Å². The molecule has 0 saturated heterocycles. The van der Waals surface area contributed by atoms with E-state index >= 15 is 0 Å². The molecule has 0 spiro atoms. The Balaban J connectivity index is 2.93. The van der Waals surface area contributed by atoms with Crippen molar-refractivity contribution in [2.45, 2.75) is 24.8 Å². The van der Waals surface area contributed by atoms with Crippen molar-refractivity contribution in [3.05, 3.63) is 28.2 Å². The maximum atomic E-state index is 11.9. The smallest absolute Gasteiger partial charge is 0.321 e. The van der Waals surface area contributed by atoms with Crippen LogP contribution in [-0.2, 0) is 19.4 Å².